The number of hydrogen-bond acceptors (Lipinski definition) is 1. The van der Waals surface area contributed by atoms with E-state index in [2.05, 4.69) is 5.32 Å². The molecule has 2 aromatic rings. The Morgan fingerprint density at radius 3 is 2.24 bits per heavy atom. The predicted molar refractivity (Wildman–Crippen MR) is 72.2 cm³/mol. The summed E-state index contributed by atoms with van der Waals surface area (Å²) < 4.78 is 13.7. The zero-order chi connectivity index (χ0) is 12.3. The van der Waals surface area contributed by atoms with Crippen molar-refractivity contribution in [3.05, 3.63) is 54.3 Å². The molecule has 2 nitrogen and oxygen atoms in total. The highest BCUT2D eigenvalue weighted by Gasteiger charge is 2.08. The third-order valence-corrected chi connectivity index (χ3v) is 2.45. The summed E-state index contributed by atoms with van der Waals surface area (Å²) in [5.74, 6) is -0.273. The van der Waals surface area contributed by atoms with Crippen LogP contribution in [-0.2, 0) is 0 Å². The molecule has 86 valence electrons. The molecule has 0 radical (unpaired) electrons. The minimum absolute atomic E-state index is 0.161. The van der Waals surface area contributed by atoms with E-state index in [-0.39, 0.29) is 10.9 Å². The van der Waals surface area contributed by atoms with Crippen LogP contribution in [0.4, 0.5) is 10.1 Å². The molecular weight excluding hydrogens is 235 g/mol. The van der Waals surface area contributed by atoms with E-state index in [9.17, 15) is 4.39 Å². The molecule has 2 rings (SSSR count). The maximum atomic E-state index is 13.7. The molecule has 0 fully saturated rings. The average Bonchev–Trinajstić information content (AvgIpc) is 2.30. The number of hydrogen-bond donors (Lipinski definition) is 2. The lowest BCUT2D eigenvalue weighted by Crippen LogP contribution is -2.19. The molecule has 0 unspecified atom stereocenters. The molecule has 0 aliphatic rings. The molecule has 3 N–H and O–H groups in total. The van der Waals surface area contributed by atoms with Crippen molar-refractivity contribution in [1.29, 1.82) is 0 Å². The lowest BCUT2D eigenvalue weighted by molar-refractivity contribution is 0.631. The molecule has 0 bridgehead atoms. The Bertz CT molecular complexity index is 555. The molecule has 0 saturated carbocycles. The van der Waals surface area contributed by atoms with Crippen molar-refractivity contribution in [2.45, 2.75) is 0 Å². The normalized spacial score (nSPS) is 9.94. The first-order valence-corrected chi connectivity index (χ1v) is 5.49. The van der Waals surface area contributed by atoms with Crippen LogP contribution in [0, 0.1) is 5.82 Å². The smallest absolute Gasteiger partial charge is 0.168 e. The van der Waals surface area contributed by atoms with Gasteiger partial charge >= 0.3 is 0 Å². The Morgan fingerprint density at radius 1 is 1.00 bits per heavy atom. The van der Waals surface area contributed by atoms with Crippen LogP contribution in [0.1, 0.15) is 0 Å². The Labute approximate surface area is 104 Å². The van der Waals surface area contributed by atoms with Crippen molar-refractivity contribution in [3.63, 3.8) is 0 Å². The SMILES string of the molecule is NC(=S)Nc1ccccc1-c1ccccc1F. The van der Waals surface area contributed by atoms with Gasteiger partial charge in [-0.3, -0.25) is 0 Å². The fourth-order valence-corrected chi connectivity index (χ4v) is 1.75. The van der Waals surface area contributed by atoms with Gasteiger partial charge in [0, 0.05) is 16.8 Å². The zero-order valence-electron chi connectivity index (χ0n) is 8.98. The number of nitrogens with one attached hydrogen (secondary N) is 1. The highest BCUT2D eigenvalue weighted by atomic mass is 32.1. The monoisotopic (exact) mass is 246 g/mol. The van der Waals surface area contributed by atoms with E-state index in [0.717, 1.165) is 5.56 Å². The van der Waals surface area contributed by atoms with E-state index in [1.807, 2.05) is 18.2 Å². The van der Waals surface area contributed by atoms with Gasteiger partial charge in [0.15, 0.2) is 5.11 Å². The zero-order valence-corrected chi connectivity index (χ0v) is 9.80. The summed E-state index contributed by atoms with van der Waals surface area (Å²) in [6.45, 7) is 0. The second kappa shape index (κ2) is 4.93. The van der Waals surface area contributed by atoms with Gasteiger partial charge in [-0.05, 0) is 24.4 Å². The molecule has 0 aromatic heterocycles. The summed E-state index contributed by atoms with van der Waals surface area (Å²) >= 11 is 4.79. The van der Waals surface area contributed by atoms with E-state index in [1.165, 1.54) is 6.07 Å². The van der Waals surface area contributed by atoms with Crippen LogP contribution in [0.3, 0.4) is 0 Å². The summed E-state index contributed by atoms with van der Waals surface area (Å²) in [5, 5.41) is 3.00. The van der Waals surface area contributed by atoms with Crippen molar-refractivity contribution >= 4 is 23.0 Å². The van der Waals surface area contributed by atoms with E-state index >= 15 is 0 Å². The maximum Gasteiger partial charge on any atom is 0.168 e. The van der Waals surface area contributed by atoms with Gasteiger partial charge in [-0.1, -0.05) is 36.4 Å². The van der Waals surface area contributed by atoms with Crippen molar-refractivity contribution in [3.8, 4) is 11.1 Å². The predicted octanol–water partition coefficient (Wildman–Crippen LogP) is 3.15. The first kappa shape index (κ1) is 11.5. The first-order chi connectivity index (χ1) is 8.18. The van der Waals surface area contributed by atoms with Gasteiger partial charge in [0.05, 0.1) is 0 Å². The summed E-state index contributed by atoms with van der Waals surface area (Å²) in [6, 6.07) is 13.9. The number of halogens is 1. The molecule has 0 aliphatic carbocycles. The molecule has 0 atom stereocenters. The Morgan fingerprint density at radius 2 is 1.59 bits per heavy atom. The minimum Gasteiger partial charge on any atom is -0.376 e. The van der Waals surface area contributed by atoms with Gasteiger partial charge in [-0.25, -0.2) is 4.39 Å². The number of rotatable bonds is 2. The number of thiocarbonyl (C=S) groups is 1. The van der Waals surface area contributed by atoms with Gasteiger partial charge in [0.1, 0.15) is 5.82 Å². The fourth-order valence-electron chi connectivity index (χ4n) is 1.64. The van der Waals surface area contributed by atoms with Crippen LogP contribution < -0.4 is 11.1 Å². The Balaban J connectivity index is 2.52. The molecular formula is C13H11FN2S. The molecule has 0 heterocycles. The van der Waals surface area contributed by atoms with Gasteiger partial charge in [-0.15, -0.1) is 0 Å². The fraction of sp³-hybridized carbons (Fsp3) is 0. The summed E-state index contributed by atoms with van der Waals surface area (Å²) in [6.07, 6.45) is 0. The van der Waals surface area contributed by atoms with Crippen molar-refractivity contribution < 1.29 is 4.39 Å². The second-order valence-electron chi connectivity index (χ2n) is 3.51. The van der Waals surface area contributed by atoms with E-state index in [0.29, 0.717) is 11.3 Å². The molecule has 0 saturated heterocycles. The molecule has 4 heteroatoms. The number of anilines is 1. The average molecular weight is 246 g/mol. The quantitative estimate of drug-likeness (QED) is 0.799. The lowest BCUT2D eigenvalue weighted by Gasteiger charge is -2.11. The summed E-state index contributed by atoms with van der Waals surface area (Å²) in [5.41, 5.74) is 7.39. The Kier molecular flexibility index (Phi) is 3.35. The summed E-state index contributed by atoms with van der Waals surface area (Å²) in [7, 11) is 0. The van der Waals surface area contributed by atoms with Crippen molar-refractivity contribution in [2.75, 3.05) is 5.32 Å². The van der Waals surface area contributed by atoms with Crippen molar-refractivity contribution in [1.82, 2.24) is 0 Å². The Hall–Kier alpha value is -1.94. The minimum atomic E-state index is -0.273. The highest BCUT2D eigenvalue weighted by molar-refractivity contribution is 7.80. The van der Waals surface area contributed by atoms with Crippen LogP contribution in [0.5, 0.6) is 0 Å². The van der Waals surface area contributed by atoms with E-state index in [1.54, 1.807) is 24.3 Å². The van der Waals surface area contributed by atoms with Crippen LogP contribution in [-0.4, -0.2) is 5.11 Å². The second-order valence-corrected chi connectivity index (χ2v) is 3.95. The topological polar surface area (TPSA) is 38.0 Å². The largest absolute Gasteiger partial charge is 0.376 e. The molecule has 17 heavy (non-hydrogen) atoms. The van der Waals surface area contributed by atoms with Gasteiger partial charge in [0.25, 0.3) is 0 Å². The lowest BCUT2D eigenvalue weighted by atomic mass is 10.0. The maximum absolute atomic E-state index is 13.7. The molecule has 2 aromatic carbocycles. The third-order valence-electron chi connectivity index (χ3n) is 2.35. The molecule has 0 spiro atoms. The van der Waals surface area contributed by atoms with Crippen LogP contribution >= 0.6 is 12.2 Å². The number of benzene rings is 2. The first-order valence-electron chi connectivity index (χ1n) is 5.09. The van der Waals surface area contributed by atoms with Gasteiger partial charge in [0.2, 0.25) is 0 Å². The third kappa shape index (κ3) is 2.60. The summed E-state index contributed by atoms with van der Waals surface area (Å²) in [4.78, 5) is 0. The van der Waals surface area contributed by atoms with E-state index < -0.39 is 0 Å². The van der Waals surface area contributed by atoms with Gasteiger partial charge < -0.3 is 11.1 Å². The van der Waals surface area contributed by atoms with Crippen LogP contribution in [0.2, 0.25) is 0 Å². The van der Waals surface area contributed by atoms with E-state index in [4.69, 9.17) is 18.0 Å². The molecule has 0 aliphatic heterocycles. The number of nitrogens with two attached hydrogens (primary N) is 1. The highest BCUT2D eigenvalue weighted by Crippen LogP contribution is 2.29. The van der Waals surface area contributed by atoms with Crippen LogP contribution in [0.15, 0.2) is 48.5 Å². The standard InChI is InChI=1S/C13H11FN2S/c14-11-7-3-1-5-9(11)10-6-2-4-8-12(10)16-13(15)17/h1-8H,(H3,15,16,17). The van der Waals surface area contributed by atoms with Gasteiger partial charge in [-0.2, -0.15) is 0 Å². The molecule has 0 amide bonds. The van der Waals surface area contributed by atoms with Crippen molar-refractivity contribution in [2.24, 2.45) is 5.73 Å². The number of para-hydroxylation sites is 1. The van der Waals surface area contributed by atoms with Crippen LogP contribution in [0.25, 0.3) is 11.1 Å².